The van der Waals surface area contributed by atoms with Crippen LogP contribution in [-0.4, -0.2) is 17.3 Å². The highest BCUT2D eigenvalue weighted by atomic mass is 16.5. The van der Waals surface area contributed by atoms with Gasteiger partial charge in [0, 0.05) is 0 Å². The first-order chi connectivity index (χ1) is 7.20. The molecule has 1 aliphatic heterocycles. The SMILES string of the molecule is [C-]#[N+]C1CCc2cc(C(=O)O)ccc2O1. The summed E-state index contributed by atoms with van der Waals surface area (Å²) in [5.74, 6) is -0.308. The number of rotatable bonds is 1. The smallest absolute Gasteiger partial charge is 0.366 e. The molecule has 1 heterocycles. The average Bonchev–Trinajstić information content (AvgIpc) is 2.27. The van der Waals surface area contributed by atoms with Gasteiger partial charge in [0.2, 0.25) is 0 Å². The van der Waals surface area contributed by atoms with E-state index in [0.29, 0.717) is 18.6 Å². The monoisotopic (exact) mass is 203 g/mol. The van der Waals surface area contributed by atoms with Gasteiger partial charge in [-0.15, -0.1) is 0 Å². The number of fused-ring (bicyclic) bond motifs is 1. The Morgan fingerprint density at radius 3 is 3.07 bits per heavy atom. The Hall–Kier alpha value is -2.02. The van der Waals surface area contributed by atoms with Gasteiger partial charge in [0.1, 0.15) is 5.75 Å². The first kappa shape index (κ1) is 9.53. The lowest BCUT2D eigenvalue weighted by atomic mass is 10.0. The van der Waals surface area contributed by atoms with Gasteiger partial charge in [0.05, 0.1) is 12.0 Å². The molecule has 1 aromatic carbocycles. The van der Waals surface area contributed by atoms with Gasteiger partial charge >= 0.3 is 12.2 Å². The third-order valence-electron chi connectivity index (χ3n) is 2.38. The van der Waals surface area contributed by atoms with Crippen LogP contribution in [0.1, 0.15) is 22.3 Å². The Balaban J connectivity index is 2.33. The number of carboxylic acid groups (broad SMARTS) is 1. The van der Waals surface area contributed by atoms with Crippen molar-refractivity contribution in [1.29, 1.82) is 0 Å². The summed E-state index contributed by atoms with van der Waals surface area (Å²) in [4.78, 5) is 14.0. The van der Waals surface area contributed by atoms with Gasteiger partial charge in [-0.25, -0.2) is 11.4 Å². The van der Waals surface area contributed by atoms with Crippen LogP contribution in [0.2, 0.25) is 0 Å². The summed E-state index contributed by atoms with van der Waals surface area (Å²) in [6.07, 6.45) is 0.900. The molecule has 1 aliphatic rings. The fourth-order valence-electron chi connectivity index (χ4n) is 1.60. The molecule has 76 valence electrons. The molecule has 0 amide bonds. The fourth-order valence-corrected chi connectivity index (χ4v) is 1.60. The molecule has 0 aliphatic carbocycles. The summed E-state index contributed by atoms with van der Waals surface area (Å²) in [6, 6.07) is 4.72. The van der Waals surface area contributed by atoms with Crippen LogP contribution in [0, 0.1) is 6.57 Å². The number of hydrogen-bond acceptors (Lipinski definition) is 2. The predicted molar refractivity (Wildman–Crippen MR) is 52.7 cm³/mol. The Kier molecular flexibility index (Phi) is 2.30. The second-order valence-corrected chi connectivity index (χ2v) is 3.37. The molecule has 4 heteroatoms. The zero-order valence-corrected chi connectivity index (χ0v) is 7.93. The van der Waals surface area contributed by atoms with E-state index in [1.165, 1.54) is 6.07 Å². The van der Waals surface area contributed by atoms with Gasteiger partial charge in [-0.1, -0.05) is 0 Å². The van der Waals surface area contributed by atoms with Crippen molar-refractivity contribution < 1.29 is 14.6 Å². The molecule has 2 rings (SSSR count). The molecule has 1 aromatic rings. The third-order valence-corrected chi connectivity index (χ3v) is 2.38. The molecule has 1 unspecified atom stereocenters. The molecule has 1 atom stereocenters. The number of ether oxygens (including phenoxy) is 1. The first-order valence-corrected chi connectivity index (χ1v) is 4.60. The summed E-state index contributed by atoms with van der Waals surface area (Å²) >= 11 is 0. The topological polar surface area (TPSA) is 50.9 Å². The van der Waals surface area contributed by atoms with Gasteiger partial charge in [-0.3, -0.25) is 4.85 Å². The van der Waals surface area contributed by atoms with E-state index in [4.69, 9.17) is 16.4 Å². The maximum absolute atomic E-state index is 10.7. The van der Waals surface area contributed by atoms with Crippen molar-refractivity contribution in [2.75, 3.05) is 0 Å². The van der Waals surface area contributed by atoms with E-state index in [1.807, 2.05) is 0 Å². The highest BCUT2D eigenvalue weighted by Crippen LogP contribution is 2.28. The largest absolute Gasteiger partial charge is 0.478 e. The van der Waals surface area contributed by atoms with Crippen molar-refractivity contribution in [1.82, 2.24) is 0 Å². The van der Waals surface area contributed by atoms with Crippen molar-refractivity contribution in [3.63, 3.8) is 0 Å². The highest BCUT2D eigenvalue weighted by molar-refractivity contribution is 5.88. The minimum absolute atomic E-state index is 0.263. The average molecular weight is 203 g/mol. The van der Waals surface area contributed by atoms with E-state index in [0.717, 1.165) is 5.56 Å². The minimum atomic E-state index is -0.940. The lowest BCUT2D eigenvalue weighted by molar-refractivity contribution is 0.0696. The Morgan fingerprint density at radius 1 is 1.60 bits per heavy atom. The molecular formula is C11H9NO3. The number of carboxylic acids is 1. The molecule has 0 fully saturated rings. The van der Waals surface area contributed by atoms with Crippen LogP contribution >= 0.6 is 0 Å². The van der Waals surface area contributed by atoms with Crippen molar-refractivity contribution in [3.8, 4) is 5.75 Å². The Bertz CT molecular complexity index is 448. The zero-order chi connectivity index (χ0) is 10.8. The second kappa shape index (κ2) is 3.62. The number of aromatic carboxylic acids is 1. The highest BCUT2D eigenvalue weighted by Gasteiger charge is 2.23. The van der Waals surface area contributed by atoms with Crippen LogP contribution < -0.4 is 4.74 Å². The molecular weight excluding hydrogens is 194 g/mol. The molecule has 15 heavy (non-hydrogen) atoms. The predicted octanol–water partition coefficient (Wildman–Crippen LogP) is 1.96. The molecule has 1 N–H and O–H groups in total. The second-order valence-electron chi connectivity index (χ2n) is 3.37. The lowest BCUT2D eigenvalue weighted by Crippen LogP contribution is -2.19. The van der Waals surface area contributed by atoms with Gasteiger partial charge in [0.15, 0.2) is 0 Å². The summed E-state index contributed by atoms with van der Waals surface area (Å²) in [7, 11) is 0. The molecule has 0 saturated heterocycles. The summed E-state index contributed by atoms with van der Waals surface area (Å²) in [5.41, 5.74) is 1.13. The van der Waals surface area contributed by atoms with Crippen molar-refractivity contribution in [3.05, 3.63) is 40.7 Å². The molecule has 0 saturated carbocycles. The first-order valence-electron chi connectivity index (χ1n) is 4.60. The molecule has 0 spiro atoms. The number of benzene rings is 1. The number of hydrogen-bond donors (Lipinski definition) is 1. The van der Waals surface area contributed by atoms with Crippen LogP contribution in [0.5, 0.6) is 5.75 Å². The third kappa shape index (κ3) is 1.77. The van der Waals surface area contributed by atoms with Crippen LogP contribution in [0.25, 0.3) is 4.85 Å². The zero-order valence-electron chi connectivity index (χ0n) is 7.93. The Morgan fingerprint density at radius 2 is 2.40 bits per heavy atom. The standard InChI is InChI=1S/C11H9NO3/c1-12-10-5-3-7-6-8(11(13)14)2-4-9(7)15-10/h2,4,6,10H,3,5H2,(H,13,14). The quantitative estimate of drug-likeness (QED) is 0.710. The molecule has 0 radical (unpaired) electrons. The Labute approximate surface area is 86.9 Å². The van der Waals surface area contributed by atoms with E-state index in [2.05, 4.69) is 4.85 Å². The van der Waals surface area contributed by atoms with Gasteiger partial charge in [0.25, 0.3) is 0 Å². The van der Waals surface area contributed by atoms with Gasteiger partial charge in [-0.2, -0.15) is 0 Å². The maximum atomic E-state index is 10.7. The number of aryl methyl sites for hydroxylation is 1. The van der Waals surface area contributed by atoms with E-state index >= 15 is 0 Å². The van der Waals surface area contributed by atoms with E-state index in [1.54, 1.807) is 12.1 Å². The van der Waals surface area contributed by atoms with Crippen molar-refractivity contribution in [2.24, 2.45) is 0 Å². The maximum Gasteiger partial charge on any atom is 0.366 e. The fraction of sp³-hybridized carbons (Fsp3) is 0.273. The molecule has 0 aromatic heterocycles. The van der Waals surface area contributed by atoms with Crippen molar-refractivity contribution >= 4 is 5.97 Å². The van der Waals surface area contributed by atoms with Gasteiger partial charge < -0.3 is 9.84 Å². The van der Waals surface area contributed by atoms with Crippen LogP contribution in [0.4, 0.5) is 0 Å². The van der Waals surface area contributed by atoms with E-state index < -0.39 is 12.2 Å². The summed E-state index contributed by atoms with van der Waals surface area (Å²) < 4.78 is 5.37. The van der Waals surface area contributed by atoms with Crippen LogP contribution in [-0.2, 0) is 6.42 Å². The summed E-state index contributed by atoms with van der Waals surface area (Å²) in [5, 5.41) is 8.80. The summed E-state index contributed by atoms with van der Waals surface area (Å²) in [6.45, 7) is 6.85. The normalized spacial score (nSPS) is 18.5. The number of nitrogens with zero attached hydrogens (tertiary/aromatic N) is 1. The van der Waals surface area contributed by atoms with Crippen LogP contribution in [0.3, 0.4) is 0 Å². The van der Waals surface area contributed by atoms with Crippen molar-refractivity contribution in [2.45, 2.75) is 19.1 Å². The minimum Gasteiger partial charge on any atom is -0.478 e. The van der Waals surface area contributed by atoms with Crippen LogP contribution in [0.15, 0.2) is 18.2 Å². The van der Waals surface area contributed by atoms with E-state index in [9.17, 15) is 4.79 Å². The molecule has 4 nitrogen and oxygen atoms in total. The van der Waals surface area contributed by atoms with E-state index in [-0.39, 0.29) is 5.56 Å². The van der Waals surface area contributed by atoms with Gasteiger partial charge in [-0.05, 0) is 30.2 Å². The lowest BCUT2D eigenvalue weighted by Gasteiger charge is -2.18. The number of carbonyl (C=O) groups is 1. The molecule has 0 bridgehead atoms.